The second-order valence-electron chi connectivity index (χ2n) is 6.77. The Labute approximate surface area is 178 Å². The van der Waals surface area contributed by atoms with E-state index in [9.17, 15) is 4.79 Å². The molecule has 1 aliphatic heterocycles. The van der Waals surface area contributed by atoms with Crippen LogP contribution in [0.2, 0.25) is 5.02 Å². The number of hydrogen-bond acceptors (Lipinski definition) is 6. The molecule has 1 amide bonds. The molecular formula is C21H21ClN2O4S. The van der Waals surface area contributed by atoms with Crippen LogP contribution in [0.5, 0.6) is 16.7 Å². The highest BCUT2D eigenvalue weighted by atomic mass is 35.5. The van der Waals surface area contributed by atoms with Crippen molar-refractivity contribution in [2.75, 3.05) is 27.3 Å². The van der Waals surface area contributed by atoms with E-state index in [1.54, 1.807) is 32.4 Å². The fraction of sp³-hybridized carbons (Fsp3) is 0.333. The zero-order valence-electron chi connectivity index (χ0n) is 16.2. The van der Waals surface area contributed by atoms with Gasteiger partial charge >= 0.3 is 0 Å². The highest BCUT2D eigenvalue weighted by Crippen LogP contribution is 2.32. The normalized spacial score (nSPS) is 14.8. The van der Waals surface area contributed by atoms with Gasteiger partial charge < -0.3 is 19.1 Å². The Morgan fingerprint density at radius 2 is 1.93 bits per heavy atom. The topological polar surface area (TPSA) is 60.9 Å². The van der Waals surface area contributed by atoms with E-state index >= 15 is 0 Å². The van der Waals surface area contributed by atoms with E-state index in [1.807, 2.05) is 23.1 Å². The second-order valence-corrected chi connectivity index (χ2v) is 8.20. The molecule has 0 bridgehead atoms. The first-order valence-electron chi connectivity index (χ1n) is 9.31. The zero-order valence-corrected chi connectivity index (χ0v) is 17.8. The molecule has 1 fully saturated rings. The summed E-state index contributed by atoms with van der Waals surface area (Å²) < 4.78 is 17.7. The van der Waals surface area contributed by atoms with Gasteiger partial charge in [0, 0.05) is 37.0 Å². The molecule has 4 rings (SSSR count). The summed E-state index contributed by atoms with van der Waals surface area (Å²) in [5.41, 5.74) is 1.35. The van der Waals surface area contributed by atoms with Gasteiger partial charge in [0.05, 0.1) is 30.0 Å². The van der Waals surface area contributed by atoms with Crippen molar-refractivity contribution >= 4 is 39.1 Å². The predicted octanol–water partition coefficient (Wildman–Crippen LogP) is 4.65. The van der Waals surface area contributed by atoms with E-state index in [-0.39, 0.29) is 12.0 Å². The summed E-state index contributed by atoms with van der Waals surface area (Å²) in [5, 5.41) is 1.16. The van der Waals surface area contributed by atoms with Gasteiger partial charge in [-0.3, -0.25) is 4.79 Å². The van der Waals surface area contributed by atoms with Crippen LogP contribution in [-0.2, 0) is 0 Å². The lowest BCUT2D eigenvalue weighted by Crippen LogP contribution is -2.41. The highest BCUT2D eigenvalue weighted by Gasteiger charge is 2.27. The third-order valence-electron chi connectivity index (χ3n) is 4.96. The Morgan fingerprint density at radius 1 is 1.14 bits per heavy atom. The summed E-state index contributed by atoms with van der Waals surface area (Å²) in [6, 6.07) is 10.9. The number of carbonyl (C=O) groups excluding carboxylic acids is 1. The summed E-state index contributed by atoms with van der Waals surface area (Å²) in [7, 11) is 3.19. The maximum Gasteiger partial charge on any atom is 0.274 e. The number of piperidine rings is 1. The number of amides is 1. The average Bonchev–Trinajstić information content (AvgIpc) is 3.15. The summed E-state index contributed by atoms with van der Waals surface area (Å²) >= 11 is 7.58. The van der Waals surface area contributed by atoms with Gasteiger partial charge in [0.1, 0.15) is 17.6 Å². The van der Waals surface area contributed by atoms with Crippen molar-refractivity contribution in [2.24, 2.45) is 0 Å². The van der Waals surface area contributed by atoms with Gasteiger partial charge in [0.2, 0.25) is 0 Å². The molecule has 3 aromatic rings. The summed E-state index contributed by atoms with van der Waals surface area (Å²) in [6.07, 6.45) is 1.52. The van der Waals surface area contributed by atoms with Gasteiger partial charge in [0.15, 0.2) is 0 Å². The Hall–Kier alpha value is -2.51. The quantitative estimate of drug-likeness (QED) is 0.587. The largest absolute Gasteiger partial charge is 0.497 e. The average molecular weight is 433 g/mol. The van der Waals surface area contributed by atoms with Crippen LogP contribution in [0.4, 0.5) is 0 Å². The van der Waals surface area contributed by atoms with Crippen molar-refractivity contribution in [3.8, 4) is 16.7 Å². The van der Waals surface area contributed by atoms with E-state index in [2.05, 4.69) is 4.98 Å². The molecule has 0 spiro atoms. The summed E-state index contributed by atoms with van der Waals surface area (Å²) in [6.45, 7) is 1.22. The van der Waals surface area contributed by atoms with Crippen molar-refractivity contribution in [3.63, 3.8) is 0 Å². The molecule has 1 saturated heterocycles. The number of nitrogens with zero attached hydrogens (tertiary/aromatic N) is 2. The fourth-order valence-electron chi connectivity index (χ4n) is 3.40. The molecule has 152 valence electrons. The van der Waals surface area contributed by atoms with Crippen molar-refractivity contribution in [3.05, 3.63) is 47.0 Å². The molecule has 0 unspecified atom stereocenters. The summed E-state index contributed by atoms with van der Waals surface area (Å²) in [4.78, 5) is 19.3. The third kappa shape index (κ3) is 4.26. The first-order chi connectivity index (χ1) is 14.1. The molecule has 2 aromatic carbocycles. The molecule has 0 atom stereocenters. The maximum atomic E-state index is 12.9. The van der Waals surface area contributed by atoms with Crippen molar-refractivity contribution in [1.82, 2.24) is 9.88 Å². The molecule has 29 heavy (non-hydrogen) atoms. The molecule has 0 N–H and O–H groups in total. The first kappa shape index (κ1) is 19.8. The molecule has 0 radical (unpaired) electrons. The molecular weight excluding hydrogens is 412 g/mol. The number of halogens is 1. The molecule has 2 heterocycles. The number of methoxy groups -OCH3 is 2. The molecule has 1 aromatic heterocycles. The van der Waals surface area contributed by atoms with Crippen LogP contribution in [0.25, 0.3) is 10.2 Å². The van der Waals surface area contributed by atoms with Crippen LogP contribution in [0, 0.1) is 0 Å². The van der Waals surface area contributed by atoms with Crippen LogP contribution in [0.15, 0.2) is 36.4 Å². The number of likely N-dealkylation sites (tertiary alicyclic amines) is 1. The minimum absolute atomic E-state index is 0.0303. The van der Waals surface area contributed by atoms with E-state index in [1.165, 1.54) is 11.3 Å². The Kier molecular flexibility index (Phi) is 5.78. The second kappa shape index (κ2) is 8.47. The smallest absolute Gasteiger partial charge is 0.274 e. The minimum atomic E-state index is -0.0742. The fourth-order valence-corrected chi connectivity index (χ4v) is 4.43. The number of ether oxygens (including phenoxy) is 3. The molecule has 6 nitrogen and oxygen atoms in total. The number of fused-ring (bicyclic) bond motifs is 1. The standard InChI is InChI=1S/C21H21ClN2O4S/c1-26-15-4-6-19-17(12-15)23-21(29-19)28-14-7-9-24(10-8-14)20(25)16-11-13(22)3-5-18(16)27-2/h3-6,11-12,14H,7-10H2,1-2H3. The van der Waals surface area contributed by atoms with Gasteiger partial charge in [0.25, 0.3) is 11.1 Å². The van der Waals surface area contributed by atoms with E-state index in [0.717, 1.165) is 28.8 Å². The van der Waals surface area contributed by atoms with Crippen molar-refractivity contribution in [1.29, 1.82) is 0 Å². The minimum Gasteiger partial charge on any atom is -0.497 e. The number of rotatable bonds is 5. The number of aromatic nitrogens is 1. The lowest BCUT2D eigenvalue weighted by atomic mass is 10.1. The lowest BCUT2D eigenvalue weighted by Gasteiger charge is -2.32. The number of thiazole rings is 1. The Balaban J connectivity index is 1.39. The van der Waals surface area contributed by atoms with Crippen LogP contribution in [0.3, 0.4) is 0 Å². The van der Waals surface area contributed by atoms with Gasteiger partial charge in [-0.2, -0.15) is 0 Å². The van der Waals surface area contributed by atoms with E-state index < -0.39 is 0 Å². The summed E-state index contributed by atoms with van der Waals surface area (Å²) in [5.74, 6) is 1.23. The first-order valence-corrected chi connectivity index (χ1v) is 10.5. The monoisotopic (exact) mass is 432 g/mol. The van der Waals surface area contributed by atoms with Crippen molar-refractivity contribution in [2.45, 2.75) is 18.9 Å². The molecule has 1 aliphatic rings. The van der Waals surface area contributed by atoms with E-state index in [0.29, 0.717) is 34.6 Å². The lowest BCUT2D eigenvalue weighted by molar-refractivity contribution is 0.0592. The number of benzene rings is 2. The van der Waals surface area contributed by atoms with Crippen LogP contribution in [-0.4, -0.2) is 49.2 Å². The van der Waals surface area contributed by atoms with E-state index in [4.69, 9.17) is 25.8 Å². The third-order valence-corrected chi connectivity index (χ3v) is 6.13. The van der Waals surface area contributed by atoms with Gasteiger partial charge in [-0.25, -0.2) is 4.98 Å². The Bertz CT molecular complexity index is 1030. The van der Waals surface area contributed by atoms with Gasteiger partial charge in [-0.05, 0) is 30.3 Å². The Morgan fingerprint density at radius 3 is 2.66 bits per heavy atom. The van der Waals surface area contributed by atoms with Crippen LogP contribution >= 0.6 is 22.9 Å². The SMILES string of the molecule is COc1ccc2sc(OC3CCN(C(=O)c4cc(Cl)ccc4OC)CC3)nc2c1. The van der Waals surface area contributed by atoms with Crippen LogP contribution < -0.4 is 14.2 Å². The molecule has 0 saturated carbocycles. The predicted molar refractivity (Wildman–Crippen MR) is 114 cm³/mol. The molecule has 0 aliphatic carbocycles. The van der Waals surface area contributed by atoms with Gasteiger partial charge in [-0.15, -0.1) is 0 Å². The van der Waals surface area contributed by atoms with Crippen LogP contribution in [0.1, 0.15) is 23.2 Å². The number of hydrogen-bond donors (Lipinski definition) is 0. The number of carbonyl (C=O) groups is 1. The van der Waals surface area contributed by atoms with Crippen molar-refractivity contribution < 1.29 is 19.0 Å². The van der Waals surface area contributed by atoms with Gasteiger partial charge in [-0.1, -0.05) is 22.9 Å². The zero-order chi connectivity index (χ0) is 20.4. The molecule has 8 heteroatoms. The highest BCUT2D eigenvalue weighted by molar-refractivity contribution is 7.20. The maximum absolute atomic E-state index is 12.9.